The van der Waals surface area contributed by atoms with E-state index in [1.54, 1.807) is 0 Å². The van der Waals surface area contributed by atoms with Crippen molar-refractivity contribution in [1.29, 1.82) is 0 Å². The Kier molecular flexibility index (Phi) is 9.61. The van der Waals surface area contributed by atoms with Gasteiger partial charge in [0.25, 0.3) is 0 Å². The molecule has 0 aliphatic rings. The lowest BCUT2D eigenvalue weighted by molar-refractivity contribution is 0.672. The fraction of sp³-hybridized carbons (Fsp3) is 1.00. The maximum Gasteiger partial charge on any atom is 0.0558 e. The minimum Gasteiger partial charge on any atom is -0.174 e. The van der Waals surface area contributed by atoms with Gasteiger partial charge < -0.3 is 0 Å². The van der Waals surface area contributed by atoms with E-state index >= 15 is 0 Å². The highest BCUT2D eigenvalue weighted by atomic mass is 32.2. The molecule has 0 aliphatic carbocycles. The standard InChI is InChI=1S/C7H16S6/c8-4(6(10)11)2-1-3-5(9)7(12)13/h4-13H,1-3H2. The molecule has 80 valence electrons. The van der Waals surface area contributed by atoms with E-state index in [0.29, 0.717) is 0 Å². The van der Waals surface area contributed by atoms with E-state index in [1.165, 1.54) is 0 Å². The van der Waals surface area contributed by atoms with Gasteiger partial charge in [-0.15, -0.1) is 0 Å². The zero-order valence-corrected chi connectivity index (χ0v) is 12.5. The molecule has 0 aromatic heterocycles. The van der Waals surface area contributed by atoms with Crippen molar-refractivity contribution in [3.8, 4) is 0 Å². The van der Waals surface area contributed by atoms with Crippen molar-refractivity contribution >= 4 is 75.8 Å². The van der Waals surface area contributed by atoms with Gasteiger partial charge in [0.15, 0.2) is 0 Å². The summed E-state index contributed by atoms with van der Waals surface area (Å²) in [4.78, 5) is 0. The molecule has 0 aliphatic heterocycles. The van der Waals surface area contributed by atoms with E-state index < -0.39 is 0 Å². The summed E-state index contributed by atoms with van der Waals surface area (Å²) in [5.41, 5.74) is 0. The molecule has 0 amide bonds. The molecule has 0 saturated carbocycles. The Morgan fingerprint density at radius 1 is 0.615 bits per heavy atom. The van der Waals surface area contributed by atoms with Crippen LogP contribution in [0.2, 0.25) is 0 Å². The van der Waals surface area contributed by atoms with Crippen LogP contribution < -0.4 is 0 Å². The van der Waals surface area contributed by atoms with Crippen molar-refractivity contribution in [3.63, 3.8) is 0 Å². The van der Waals surface area contributed by atoms with Crippen LogP contribution in [0.25, 0.3) is 0 Å². The minimum absolute atomic E-state index is 0.0458. The van der Waals surface area contributed by atoms with E-state index in [4.69, 9.17) is 0 Å². The van der Waals surface area contributed by atoms with Gasteiger partial charge >= 0.3 is 0 Å². The highest BCUT2D eigenvalue weighted by molar-refractivity contribution is 8.01. The molecule has 0 N–H and O–H groups in total. The van der Waals surface area contributed by atoms with E-state index in [-0.39, 0.29) is 19.7 Å². The van der Waals surface area contributed by atoms with Crippen LogP contribution in [0.3, 0.4) is 0 Å². The SMILES string of the molecule is SC(S)C(S)CCCC(S)C(S)S. The summed E-state index contributed by atoms with van der Waals surface area (Å²) in [5.74, 6) is 0. The highest BCUT2D eigenvalue weighted by Gasteiger charge is 2.12. The maximum atomic E-state index is 4.36. The molecular formula is C7H16S6. The Morgan fingerprint density at radius 3 is 1.15 bits per heavy atom. The van der Waals surface area contributed by atoms with Gasteiger partial charge in [0.05, 0.1) is 9.16 Å². The van der Waals surface area contributed by atoms with Gasteiger partial charge in [-0.25, -0.2) is 0 Å². The highest BCUT2D eigenvalue weighted by Crippen LogP contribution is 2.22. The second kappa shape index (κ2) is 8.28. The first-order chi connectivity index (χ1) is 5.95. The third-order valence-corrected chi connectivity index (χ3v) is 5.18. The molecule has 6 heteroatoms. The summed E-state index contributed by atoms with van der Waals surface area (Å²) in [7, 11) is 0. The predicted octanol–water partition coefficient (Wildman–Crippen LogP) is 3.12. The quantitative estimate of drug-likeness (QED) is 0.315. The summed E-state index contributed by atoms with van der Waals surface area (Å²) < 4.78 is 0.0917. The lowest BCUT2D eigenvalue weighted by Crippen LogP contribution is -2.12. The van der Waals surface area contributed by atoms with Crippen LogP contribution in [0, 0.1) is 0 Å². The zero-order chi connectivity index (χ0) is 10.4. The Labute approximate surface area is 114 Å². The van der Waals surface area contributed by atoms with Crippen molar-refractivity contribution in [1.82, 2.24) is 0 Å². The fourth-order valence-electron chi connectivity index (χ4n) is 0.834. The molecule has 0 aromatic carbocycles. The normalized spacial score (nSPS) is 16.6. The molecule has 13 heavy (non-hydrogen) atoms. The summed E-state index contributed by atoms with van der Waals surface area (Å²) in [6.07, 6.45) is 3.08. The van der Waals surface area contributed by atoms with Crippen LogP contribution in [0.1, 0.15) is 19.3 Å². The number of thiol groups is 6. The molecule has 0 aromatic rings. The zero-order valence-electron chi connectivity index (χ0n) is 7.11. The number of hydrogen-bond acceptors (Lipinski definition) is 6. The van der Waals surface area contributed by atoms with Crippen molar-refractivity contribution in [2.24, 2.45) is 0 Å². The molecule has 0 saturated heterocycles. The van der Waals surface area contributed by atoms with Crippen LogP contribution in [0.5, 0.6) is 0 Å². The van der Waals surface area contributed by atoms with E-state index in [0.717, 1.165) is 19.3 Å². The van der Waals surface area contributed by atoms with Crippen LogP contribution in [-0.2, 0) is 0 Å². The predicted molar refractivity (Wildman–Crippen MR) is 82.9 cm³/mol. The van der Waals surface area contributed by atoms with Crippen LogP contribution in [0.15, 0.2) is 0 Å². The Morgan fingerprint density at radius 2 is 0.923 bits per heavy atom. The summed E-state index contributed by atoms with van der Waals surface area (Å²) in [6.45, 7) is 0. The topological polar surface area (TPSA) is 0 Å². The molecule has 0 spiro atoms. The first-order valence-corrected chi connectivity index (χ1v) is 7.13. The van der Waals surface area contributed by atoms with Crippen molar-refractivity contribution < 1.29 is 0 Å². The molecule has 2 unspecified atom stereocenters. The van der Waals surface area contributed by atoms with Crippen molar-refractivity contribution in [2.75, 3.05) is 0 Å². The van der Waals surface area contributed by atoms with E-state index in [1.807, 2.05) is 0 Å². The van der Waals surface area contributed by atoms with Gasteiger partial charge in [-0.05, 0) is 12.8 Å². The van der Waals surface area contributed by atoms with E-state index in [2.05, 4.69) is 75.8 Å². The molecule has 0 fully saturated rings. The first kappa shape index (κ1) is 15.1. The summed E-state index contributed by atoms with van der Waals surface area (Å²) >= 11 is 25.5. The lowest BCUT2D eigenvalue weighted by atomic mass is 10.1. The molecule has 0 rings (SSSR count). The second-order valence-electron chi connectivity index (χ2n) is 2.89. The van der Waals surface area contributed by atoms with Crippen molar-refractivity contribution in [2.45, 2.75) is 38.9 Å². The number of hydrogen-bond donors (Lipinski definition) is 6. The molecule has 0 bridgehead atoms. The number of rotatable bonds is 6. The van der Waals surface area contributed by atoms with E-state index in [9.17, 15) is 0 Å². The minimum atomic E-state index is 0.0458. The maximum absolute atomic E-state index is 4.36. The summed E-state index contributed by atoms with van der Waals surface area (Å²) in [5, 5.41) is 0.482. The fourth-order valence-corrected chi connectivity index (χ4v) is 1.80. The van der Waals surface area contributed by atoms with Crippen LogP contribution in [-0.4, -0.2) is 19.7 Å². The summed E-state index contributed by atoms with van der Waals surface area (Å²) in [6, 6.07) is 0. The van der Waals surface area contributed by atoms with Gasteiger partial charge in [0, 0.05) is 10.5 Å². The molecule has 0 radical (unpaired) electrons. The monoisotopic (exact) mass is 292 g/mol. The second-order valence-corrected chi connectivity index (χ2v) is 7.26. The Bertz CT molecular complexity index is 112. The van der Waals surface area contributed by atoms with Crippen LogP contribution >= 0.6 is 75.8 Å². The molecule has 0 heterocycles. The lowest BCUT2D eigenvalue weighted by Gasteiger charge is -2.16. The largest absolute Gasteiger partial charge is 0.174 e. The van der Waals surface area contributed by atoms with Gasteiger partial charge in [0.1, 0.15) is 0 Å². The Hall–Kier alpha value is 2.10. The van der Waals surface area contributed by atoms with Gasteiger partial charge in [-0.3, -0.25) is 0 Å². The average molecular weight is 293 g/mol. The van der Waals surface area contributed by atoms with Gasteiger partial charge in [-0.2, -0.15) is 75.8 Å². The molecular weight excluding hydrogens is 276 g/mol. The van der Waals surface area contributed by atoms with Gasteiger partial charge in [0.2, 0.25) is 0 Å². The van der Waals surface area contributed by atoms with Gasteiger partial charge in [-0.1, -0.05) is 6.42 Å². The average Bonchev–Trinajstić information content (AvgIpc) is 2.03. The smallest absolute Gasteiger partial charge is 0.0558 e. The molecule has 0 nitrogen and oxygen atoms in total. The Balaban J connectivity index is 3.45. The third kappa shape index (κ3) is 7.96. The van der Waals surface area contributed by atoms with Crippen LogP contribution in [0.4, 0.5) is 0 Å². The first-order valence-electron chi connectivity index (χ1n) is 4.03. The third-order valence-electron chi connectivity index (χ3n) is 1.69. The molecule has 2 atom stereocenters. The van der Waals surface area contributed by atoms with Crippen molar-refractivity contribution in [3.05, 3.63) is 0 Å².